The van der Waals surface area contributed by atoms with Crippen LogP contribution in [0.2, 0.25) is 0 Å². The van der Waals surface area contributed by atoms with Crippen molar-refractivity contribution < 1.29 is 24.5 Å². The normalized spacial score (nSPS) is 14.2. The van der Waals surface area contributed by atoms with Gasteiger partial charge in [0.15, 0.2) is 0 Å². The Kier molecular flexibility index (Phi) is 10.2. The van der Waals surface area contributed by atoms with Crippen LogP contribution in [0.1, 0.15) is 70.8 Å². The standard InChI is InChI=1S/C33H35NO5/c35-32(36)17-6-7-21-34(30-15-8-14-27-24-28(33(37)38)18-19-29(27)30)22-20-26-13-4-5-16-31(26)39-23-9-12-25-10-2-1-3-11-25/h1-5,10-11,13,16,18-19,24,30H,6-8,14-15,17,20-23H2,(H,35,36)(H,37,38). The largest absolute Gasteiger partial charge is 0.481 e. The van der Waals surface area contributed by atoms with Crippen LogP contribution in [0, 0.1) is 11.8 Å². The molecule has 0 heterocycles. The Balaban J connectivity index is 1.46. The maximum Gasteiger partial charge on any atom is 0.335 e. The van der Waals surface area contributed by atoms with Gasteiger partial charge in [0.05, 0.1) is 5.56 Å². The summed E-state index contributed by atoms with van der Waals surface area (Å²) in [6, 6.07) is 23.5. The summed E-state index contributed by atoms with van der Waals surface area (Å²) in [6.07, 6.45) is 5.22. The number of para-hydroxylation sites is 1. The number of nitrogens with zero attached hydrogens (tertiary/aromatic N) is 1. The monoisotopic (exact) mass is 525 g/mol. The van der Waals surface area contributed by atoms with Crippen LogP contribution in [0.25, 0.3) is 0 Å². The first-order chi connectivity index (χ1) is 19.0. The molecular formula is C33H35NO5. The molecule has 39 heavy (non-hydrogen) atoms. The minimum atomic E-state index is -0.907. The summed E-state index contributed by atoms with van der Waals surface area (Å²) in [5.74, 6) is 5.35. The number of benzene rings is 3. The summed E-state index contributed by atoms with van der Waals surface area (Å²) in [4.78, 5) is 25.0. The molecule has 3 aromatic rings. The number of carboxylic acid groups (broad SMARTS) is 2. The van der Waals surface area contributed by atoms with Gasteiger partial charge in [0.1, 0.15) is 12.4 Å². The van der Waals surface area contributed by atoms with Crippen molar-refractivity contribution in [2.24, 2.45) is 0 Å². The first-order valence-electron chi connectivity index (χ1n) is 13.6. The Labute approximate surface area is 230 Å². The molecular weight excluding hydrogens is 490 g/mol. The molecule has 0 aliphatic heterocycles. The highest BCUT2D eigenvalue weighted by Crippen LogP contribution is 2.35. The van der Waals surface area contributed by atoms with E-state index in [9.17, 15) is 14.7 Å². The maximum absolute atomic E-state index is 11.5. The van der Waals surface area contributed by atoms with Gasteiger partial charge in [-0.1, -0.05) is 54.3 Å². The number of aromatic carboxylic acids is 1. The predicted octanol–water partition coefficient (Wildman–Crippen LogP) is 5.99. The average Bonchev–Trinajstić information content (AvgIpc) is 2.95. The van der Waals surface area contributed by atoms with Gasteiger partial charge in [0.2, 0.25) is 0 Å². The molecule has 202 valence electrons. The van der Waals surface area contributed by atoms with E-state index in [1.807, 2.05) is 60.7 Å². The molecule has 2 N–H and O–H groups in total. The molecule has 6 nitrogen and oxygen atoms in total. The second-order valence-electron chi connectivity index (χ2n) is 9.83. The van der Waals surface area contributed by atoms with Gasteiger partial charge in [0.25, 0.3) is 0 Å². The van der Waals surface area contributed by atoms with Crippen molar-refractivity contribution in [2.45, 2.75) is 51.0 Å². The van der Waals surface area contributed by atoms with E-state index in [-0.39, 0.29) is 12.5 Å². The number of hydrogen-bond donors (Lipinski definition) is 2. The zero-order valence-corrected chi connectivity index (χ0v) is 22.1. The van der Waals surface area contributed by atoms with Crippen molar-refractivity contribution in [3.8, 4) is 17.6 Å². The molecule has 3 aromatic carbocycles. The average molecular weight is 526 g/mol. The minimum absolute atomic E-state index is 0.164. The number of unbranched alkanes of at least 4 members (excludes halogenated alkanes) is 1. The Bertz CT molecular complexity index is 1320. The van der Waals surface area contributed by atoms with Gasteiger partial charge in [-0.2, -0.15) is 0 Å². The van der Waals surface area contributed by atoms with Crippen LogP contribution in [-0.4, -0.2) is 46.7 Å². The van der Waals surface area contributed by atoms with Gasteiger partial charge in [0, 0.05) is 24.6 Å². The van der Waals surface area contributed by atoms with Crippen LogP contribution in [-0.2, 0) is 17.6 Å². The lowest BCUT2D eigenvalue weighted by Gasteiger charge is -2.36. The van der Waals surface area contributed by atoms with Gasteiger partial charge < -0.3 is 14.9 Å². The van der Waals surface area contributed by atoms with E-state index in [4.69, 9.17) is 9.84 Å². The van der Waals surface area contributed by atoms with Gasteiger partial charge in [-0.05, 0) is 92.1 Å². The topological polar surface area (TPSA) is 87.1 Å². The number of aryl methyl sites for hydroxylation is 1. The number of aliphatic carboxylic acids is 1. The van der Waals surface area contributed by atoms with Crippen LogP contribution >= 0.6 is 0 Å². The molecule has 1 unspecified atom stereocenters. The number of fused-ring (bicyclic) bond motifs is 1. The van der Waals surface area contributed by atoms with Crippen molar-refractivity contribution in [3.63, 3.8) is 0 Å². The van der Waals surface area contributed by atoms with E-state index >= 15 is 0 Å². The van der Waals surface area contributed by atoms with E-state index in [2.05, 4.69) is 22.8 Å². The molecule has 1 aliphatic carbocycles. The molecule has 1 aliphatic rings. The fourth-order valence-corrected chi connectivity index (χ4v) is 5.20. The molecule has 0 amide bonds. The zero-order valence-electron chi connectivity index (χ0n) is 22.1. The lowest BCUT2D eigenvalue weighted by atomic mass is 9.85. The summed E-state index contributed by atoms with van der Waals surface area (Å²) >= 11 is 0. The molecule has 6 heteroatoms. The van der Waals surface area contributed by atoms with Crippen LogP contribution in [0.5, 0.6) is 5.75 Å². The molecule has 0 saturated carbocycles. The lowest BCUT2D eigenvalue weighted by Crippen LogP contribution is -2.34. The van der Waals surface area contributed by atoms with E-state index < -0.39 is 11.9 Å². The van der Waals surface area contributed by atoms with Crippen molar-refractivity contribution in [2.75, 3.05) is 19.7 Å². The first kappa shape index (κ1) is 27.9. The van der Waals surface area contributed by atoms with Crippen LogP contribution in [0.4, 0.5) is 0 Å². The summed E-state index contributed by atoms with van der Waals surface area (Å²) in [7, 11) is 0. The van der Waals surface area contributed by atoms with Crippen molar-refractivity contribution >= 4 is 11.9 Å². The Morgan fingerprint density at radius 1 is 0.949 bits per heavy atom. The molecule has 0 radical (unpaired) electrons. The van der Waals surface area contributed by atoms with Gasteiger partial charge >= 0.3 is 11.9 Å². The molecule has 0 spiro atoms. The van der Waals surface area contributed by atoms with Gasteiger partial charge in [-0.25, -0.2) is 4.79 Å². The molecule has 0 saturated heterocycles. The second-order valence-corrected chi connectivity index (χ2v) is 9.83. The Morgan fingerprint density at radius 2 is 1.74 bits per heavy atom. The quantitative estimate of drug-likeness (QED) is 0.223. The summed E-state index contributed by atoms with van der Waals surface area (Å²) in [6.45, 7) is 1.87. The second kappa shape index (κ2) is 14.2. The van der Waals surface area contributed by atoms with E-state index in [1.165, 1.54) is 5.56 Å². The van der Waals surface area contributed by atoms with Crippen LogP contribution < -0.4 is 4.74 Å². The van der Waals surface area contributed by atoms with Gasteiger partial charge in [-0.15, -0.1) is 0 Å². The first-order valence-corrected chi connectivity index (χ1v) is 13.6. The smallest absolute Gasteiger partial charge is 0.335 e. The number of hydrogen-bond acceptors (Lipinski definition) is 4. The highest BCUT2D eigenvalue weighted by Gasteiger charge is 2.26. The Hall–Kier alpha value is -4.08. The molecule has 4 rings (SSSR count). The number of carbonyl (C=O) groups is 2. The molecule has 1 atom stereocenters. The van der Waals surface area contributed by atoms with E-state index in [1.54, 1.807) is 6.07 Å². The van der Waals surface area contributed by atoms with Crippen LogP contribution in [0.3, 0.4) is 0 Å². The summed E-state index contributed by atoms with van der Waals surface area (Å²) in [5, 5.41) is 18.5. The van der Waals surface area contributed by atoms with Crippen molar-refractivity contribution in [1.82, 2.24) is 4.90 Å². The maximum atomic E-state index is 11.5. The molecule has 0 aromatic heterocycles. The van der Waals surface area contributed by atoms with E-state index in [0.29, 0.717) is 18.6 Å². The van der Waals surface area contributed by atoms with Crippen LogP contribution in [0.15, 0.2) is 72.8 Å². The Morgan fingerprint density at radius 3 is 2.54 bits per heavy atom. The third-order valence-corrected chi connectivity index (χ3v) is 7.15. The zero-order chi connectivity index (χ0) is 27.5. The van der Waals surface area contributed by atoms with E-state index in [0.717, 1.165) is 67.6 Å². The fraction of sp³-hybridized carbons (Fsp3) is 0.333. The van der Waals surface area contributed by atoms with Crippen molar-refractivity contribution in [3.05, 3.63) is 101 Å². The summed E-state index contributed by atoms with van der Waals surface area (Å²) in [5.41, 5.74) is 4.67. The van der Waals surface area contributed by atoms with Gasteiger partial charge in [-0.3, -0.25) is 9.69 Å². The third-order valence-electron chi connectivity index (χ3n) is 7.15. The highest BCUT2D eigenvalue weighted by atomic mass is 16.5. The highest BCUT2D eigenvalue weighted by molar-refractivity contribution is 5.88. The number of ether oxygens (including phenoxy) is 1. The summed E-state index contributed by atoms with van der Waals surface area (Å²) < 4.78 is 6.04. The fourth-order valence-electron chi connectivity index (χ4n) is 5.20. The number of rotatable bonds is 12. The predicted molar refractivity (Wildman–Crippen MR) is 151 cm³/mol. The molecule has 0 fully saturated rings. The SMILES string of the molecule is O=C(O)CCCCN(CCc1ccccc1OCC#Cc1ccccc1)C1CCCc2cc(C(=O)O)ccc21. The lowest BCUT2D eigenvalue weighted by molar-refractivity contribution is -0.137. The molecule has 0 bridgehead atoms. The third kappa shape index (κ3) is 8.20. The minimum Gasteiger partial charge on any atom is -0.481 e. The number of carboxylic acids is 2. The van der Waals surface area contributed by atoms with Crippen molar-refractivity contribution in [1.29, 1.82) is 0 Å².